The lowest BCUT2D eigenvalue weighted by atomic mass is 10.00. The van der Waals surface area contributed by atoms with Crippen LogP contribution in [0.25, 0.3) is 43.5 Å². The summed E-state index contributed by atoms with van der Waals surface area (Å²) in [6, 6.07) is 16.5. The standard InChI is InChI=1S/C24H23N5O2/c1-30-24-15-29(9-8-21(24)27-28-25)14-16-6-7-18-12-26-13-20(19(18)10-16)23-11-17-4-2-3-5-22(17)31-23/h2-7,10-13,21,24H,8-9,14-15H2,1H3/t21-,24+/m0/s1. The van der Waals surface area contributed by atoms with Crippen molar-refractivity contribution in [1.29, 1.82) is 0 Å². The minimum Gasteiger partial charge on any atom is -0.456 e. The largest absolute Gasteiger partial charge is 0.456 e. The van der Waals surface area contributed by atoms with Crippen LogP contribution >= 0.6 is 0 Å². The van der Waals surface area contributed by atoms with E-state index < -0.39 is 0 Å². The molecule has 0 radical (unpaired) electrons. The molecular formula is C24H23N5O2. The Morgan fingerprint density at radius 1 is 1.19 bits per heavy atom. The number of hydrogen-bond acceptors (Lipinski definition) is 5. The zero-order valence-electron chi connectivity index (χ0n) is 17.3. The molecule has 0 spiro atoms. The number of piperidine rings is 1. The smallest absolute Gasteiger partial charge is 0.137 e. The van der Waals surface area contributed by atoms with Crippen molar-refractivity contribution >= 4 is 21.7 Å². The van der Waals surface area contributed by atoms with Gasteiger partial charge in [-0.3, -0.25) is 9.88 Å². The first-order chi connectivity index (χ1) is 15.2. The molecule has 0 N–H and O–H groups in total. The summed E-state index contributed by atoms with van der Waals surface area (Å²) in [5.74, 6) is 0.825. The van der Waals surface area contributed by atoms with Crippen LogP contribution in [-0.4, -0.2) is 42.2 Å². The van der Waals surface area contributed by atoms with Crippen LogP contribution in [0.2, 0.25) is 0 Å². The first-order valence-electron chi connectivity index (χ1n) is 10.4. The quantitative estimate of drug-likeness (QED) is 0.244. The number of rotatable bonds is 5. The second kappa shape index (κ2) is 8.40. The summed E-state index contributed by atoms with van der Waals surface area (Å²) in [4.78, 5) is 9.74. The van der Waals surface area contributed by atoms with Gasteiger partial charge in [0.25, 0.3) is 0 Å². The summed E-state index contributed by atoms with van der Waals surface area (Å²) in [6.45, 7) is 2.42. The van der Waals surface area contributed by atoms with Gasteiger partial charge in [0.05, 0.1) is 12.1 Å². The number of methoxy groups -OCH3 is 1. The predicted octanol–water partition coefficient (Wildman–Crippen LogP) is 5.55. The highest BCUT2D eigenvalue weighted by molar-refractivity contribution is 5.97. The van der Waals surface area contributed by atoms with E-state index in [0.29, 0.717) is 0 Å². The Bertz CT molecular complexity index is 1240. The monoisotopic (exact) mass is 413 g/mol. The number of fused-ring (bicyclic) bond motifs is 2. The summed E-state index contributed by atoms with van der Waals surface area (Å²) in [6.07, 6.45) is 4.47. The van der Waals surface area contributed by atoms with Crippen molar-refractivity contribution in [2.24, 2.45) is 5.11 Å². The SMILES string of the molecule is CO[C@@H]1CN(Cc2ccc3cncc(-c4cc5ccccc5o4)c3c2)CC[C@@H]1N=[N+]=[N-]. The van der Waals surface area contributed by atoms with E-state index in [-0.39, 0.29) is 12.1 Å². The third kappa shape index (κ3) is 3.86. The summed E-state index contributed by atoms with van der Waals surface area (Å²) in [7, 11) is 1.68. The summed E-state index contributed by atoms with van der Waals surface area (Å²) in [5, 5.41) is 7.18. The van der Waals surface area contributed by atoms with Crippen LogP contribution in [0, 0.1) is 0 Å². The van der Waals surface area contributed by atoms with Crippen molar-refractivity contribution in [1.82, 2.24) is 9.88 Å². The van der Waals surface area contributed by atoms with E-state index in [1.807, 2.05) is 30.6 Å². The van der Waals surface area contributed by atoms with Gasteiger partial charge in [0.15, 0.2) is 0 Å². The lowest BCUT2D eigenvalue weighted by Gasteiger charge is -2.35. The second-order valence-corrected chi connectivity index (χ2v) is 7.96. The highest BCUT2D eigenvalue weighted by Gasteiger charge is 2.28. The molecule has 1 aliphatic rings. The Labute approximate surface area is 179 Å². The van der Waals surface area contributed by atoms with Crippen molar-refractivity contribution in [2.75, 3.05) is 20.2 Å². The molecule has 0 bridgehead atoms. The minimum atomic E-state index is -0.103. The number of azide groups is 1. The van der Waals surface area contributed by atoms with Gasteiger partial charge in [0, 0.05) is 53.8 Å². The lowest BCUT2D eigenvalue weighted by Crippen LogP contribution is -2.46. The number of hydrogen-bond donors (Lipinski definition) is 0. The number of para-hydroxylation sites is 1. The molecule has 3 heterocycles. The number of aromatic nitrogens is 1. The van der Waals surface area contributed by atoms with E-state index >= 15 is 0 Å². The van der Waals surface area contributed by atoms with Gasteiger partial charge in [-0.05, 0) is 47.6 Å². The fourth-order valence-corrected chi connectivity index (χ4v) is 4.42. The first-order valence-corrected chi connectivity index (χ1v) is 10.4. The van der Waals surface area contributed by atoms with Crippen LogP contribution in [0.4, 0.5) is 0 Å². The van der Waals surface area contributed by atoms with Gasteiger partial charge in [-0.1, -0.05) is 35.4 Å². The van der Waals surface area contributed by atoms with Gasteiger partial charge in [-0.15, -0.1) is 0 Å². The molecular weight excluding hydrogens is 390 g/mol. The highest BCUT2D eigenvalue weighted by atomic mass is 16.5. The van der Waals surface area contributed by atoms with Gasteiger partial charge >= 0.3 is 0 Å². The summed E-state index contributed by atoms with van der Waals surface area (Å²) < 4.78 is 11.7. The topological polar surface area (TPSA) is 87.3 Å². The Balaban J connectivity index is 1.45. The van der Waals surface area contributed by atoms with E-state index in [9.17, 15) is 0 Å². The molecule has 0 unspecified atom stereocenters. The Hall–Kier alpha value is -3.38. The number of ether oxygens (including phenoxy) is 1. The van der Waals surface area contributed by atoms with Crippen LogP contribution in [-0.2, 0) is 11.3 Å². The van der Waals surface area contributed by atoms with E-state index in [2.05, 4.69) is 50.2 Å². The van der Waals surface area contributed by atoms with Crippen LogP contribution in [0.3, 0.4) is 0 Å². The van der Waals surface area contributed by atoms with Gasteiger partial charge in [0.2, 0.25) is 0 Å². The molecule has 1 aliphatic heterocycles. The van der Waals surface area contributed by atoms with Crippen LogP contribution in [0.1, 0.15) is 12.0 Å². The Morgan fingerprint density at radius 3 is 2.94 bits per heavy atom. The molecule has 0 saturated carbocycles. The number of nitrogens with zero attached hydrogens (tertiary/aromatic N) is 5. The zero-order chi connectivity index (χ0) is 21.2. The third-order valence-corrected chi connectivity index (χ3v) is 6.03. The van der Waals surface area contributed by atoms with Crippen molar-refractivity contribution < 1.29 is 9.15 Å². The van der Waals surface area contributed by atoms with E-state index in [1.165, 1.54) is 5.56 Å². The fourth-order valence-electron chi connectivity index (χ4n) is 4.42. The van der Waals surface area contributed by atoms with Gasteiger partial charge in [-0.25, -0.2) is 0 Å². The van der Waals surface area contributed by atoms with Gasteiger partial charge in [-0.2, -0.15) is 0 Å². The third-order valence-electron chi connectivity index (χ3n) is 6.03. The maximum atomic E-state index is 8.78. The maximum absolute atomic E-state index is 8.78. The normalized spacial score (nSPS) is 19.5. The average Bonchev–Trinajstić information content (AvgIpc) is 3.24. The van der Waals surface area contributed by atoms with Gasteiger partial charge in [0.1, 0.15) is 11.3 Å². The molecule has 7 nitrogen and oxygen atoms in total. The Morgan fingerprint density at radius 2 is 2.10 bits per heavy atom. The predicted molar refractivity (Wildman–Crippen MR) is 121 cm³/mol. The Kier molecular flexibility index (Phi) is 5.30. The molecule has 4 aromatic rings. The van der Waals surface area contributed by atoms with Crippen molar-refractivity contribution in [3.05, 3.63) is 76.9 Å². The van der Waals surface area contributed by atoms with Crippen LogP contribution < -0.4 is 0 Å². The molecule has 0 aliphatic carbocycles. The molecule has 7 heteroatoms. The molecule has 5 rings (SSSR count). The molecule has 2 aromatic carbocycles. The molecule has 0 amide bonds. The molecule has 1 fully saturated rings. The number of likely N-dealkylation sites (tertiary alicyclic amines) is 1. The molecule has 2 atom stereocenters. The van der Waals surface area contributed by atoms with Gasteiger partial charge < -0.3 is 9.15 Å². The lowest BCUT2D eigenvalue weighted by molar-refractivity contribution is 0.0142. The van der Waals surface area contributed by atoms with Crippen LogP contribution in [0.5, 0.6) is 0 Å². The number of pyridine rings is 1. The first kappa shape index (κ1) is 19.6. The molecule has 1 saturated heterocycles. The zero-order valence-corrected chi connectivity index (χ0v) is 17.3. The van der Waals surface area contributed by atoms with E-state index in [1.54, 1.807) is 7.11 Å². The number of benzene rings is 2. The highest BCUT2D eigenvalue weighted by Crippen LogP contribution is 2.33. The fraction of sp³-hybridized carbons (Fsp3) is 0.292. The molecule has 156 valence electrons. The molecule has 2 aromatic heterocycles. The summed E-state index contributed by atoms with van der Waals surface area (Å²) in [5.41, 5.74) is 11.9. The van der Waals surface area contributed by atoms with Crippen molar-refractivity contribution in [2.45, 2.75) is 25.1 Å². The minimum absolute atomic E-state index is 0.0829. The molecule has 31 heavy (non-hydrogen) atoms. The van der Waals surface area contributed by atoms with E-state index in [4.69, 9.17) is 14.7 Å². The number of furan rings is 1. The van der Waals surface area contributed by atoms with Crippen molar-refractivity contribution in [3.8, 4) is 11.3 Å². The maximum Gasteiger partial charge on any atom is 0.137 e. The average molecular weight is 413 g/mol. The van der Waals surface area contributed by atoms with Crippen LogP contribution in [0.15, 0.2) is 70.5 Å². The van der Waals surface area contributed by atoms with E-state index in [0.717, 1.165) is 59.1 Å². The van der Waals surface area contributed by atoms with Crippen molar-refractivity contribution in [3.63, 3.8) is 0 Å². The summed E-state index contributed by atoms with van der Waals surface area (Å²) >= 11 is 0. The second-order valence-electron chi connectivity index (χ2n) is 7.96.